The Morgan fingerprint density at radius 1 is 1.07 bits per heavy atom. The maximum absolute atomic E-state index is 12.1. The maximum Gasteiger partial charge on any atom is 0.410 e. The molecule has 1 aliphatic rings. The van der Waals surface area contributed by atoms with Gasteiger partial charge < -0.3 is 14.4 Å². The van der Waals surface area contributed by atoms with Crippen LogP contribution in [-0.2, 0) is 23.8 Å². The number of carbonyl (C=O) groups excluding carboxylic acids is 1. The quantitative estimate of drug-likeness (QED) is 0.464. The van der Waals surface area contributed by atoms with E-state index in [2.05, 4.69) is 0 Å². The number of rotatable bonds is 8. The molecule has 164 valence electrons. The molecule has 0 N–H and O–H groups in total. The van der Waals surface area contributed by atoms with Crippen molar-refractivity contribution in [2.75, 3.05) is 32.9 Å². The lowest BCUT2D eigenvalue weighted by molar-refractivity contribution is 0.0163. The molecule has 2 rings (SSSR count). The first-order valence-corrected chi connectivity index (χ1v) is 11.5. The van der Waals surface area contributed by atoms with Gasteiger partial charge in [0.2, 0.25) is 0 Å². The van der Waals surface area contributed by atoms with E-state index in [9.17, 15) is 13.2 Å². The predicted molar refractivity (Wildman–Crippen MR) is 110 cm³/mol. The second kappa shape index (κ2) is 10.4. The molecule has 1 fully saturated rings. The number of piperidine rings is 1. The molecule has 1 amide bonds. The van der Waals surface area contributed by atoms with Crippen LogP contribution in [-0.4, -0.2) is 57.9 Å². The Morgan fingerprint density at radius 3 is 2.28 bits per heavy atom. The van der Waals surface area contributed by atoms with Gasteiger partial charge >= 0.3 is 6.09 Å². The lowest BCUT2D eigenvalue weighted by Crippen LogP contribution is -2.41. The van der Waals surface area contributed by atoms with Gasteiger partial charge in [-0.05, 0) is 65.0 Å². The van der Waals surface area contributed by atoms with Gasteiger partial charge in [-0.1, -0.05) is 17.7 Å². The van der Waals surface area contributed by atoms with Gasteiger partial charge in [0.1, 0.15) is 5.60 Å². The van der Waals surface area contributed by atoms with Crippen LogP contribution in [0.4, 0.5) is 4.79 Å². The molecule has 0 atom stereocenters. The zero-order valence-electron chi connectivity index (χ0n) is 17.8. The molecule has 1 aliphatic heterocycles. The number of likely N-dealkylation sites (tertiary alicyclic amines) is 1. The number of hydrogen-bond donors (Lipinski definition) is 0. The number of hydrogen-bond acceptors (Lipinski definition) is 6. The van der Waals surface area contributed by atoms with Gasteiger partial charge in [0.25, 0.3) is 10.1 Å². The van der Waals surface area contributed by atoms with Gasteiger partial charge in [-0.2, -0.15) is 8.42 Å². The first-order chi connectivity index (χ1) is 13.6. The van der Waals surface area contributed by atoms with E-state index in [0.717, 1.165) is 24.8 Å². The highest BCUT2D eigenvalue weighted by Gasteiger charge is 2.26. The molecule has 0 aliphatic carbocycles. The van der Waals surface area contributed by atoms with Crippen molar-refractivity contribution < 1.29 is 26.9 Å². The van der Waals surface area contributed by atoms with Crippen LogP contribution in [0.5, 0.6) is 0 Å². The molecular weight excluding hydrogens is 394 g/mol. The fourth-order valence-corrected chi connectivity index (χ4v) is 3.95. The minimum atomic E-state index is -3.74. The Labute approximate surface area is 174 Å². The van der Waals surface area contributed by atoms with E-state index in [-0.39, 0.29) is 24.2 Å². The predicted octanol–water partition coefficient (Wildman–Crippen LogP) is 3.75. The van der Waals surface area contributed by atoms with Gasteiger partial charge in [-0.25, -0.2) is 4.79 Å². The SMILES string of the molecule is Cc1ccc(S(=O)(=O)OCCOCCC2CCN(C(=O)OC(C)(C)C)CC2)cc1. The van der Waals surface area contributed by atoms with Crippen LogP contribution in [0.1, 0.15) is 45.6 Å². The van der Waals surface area contributed by atoms with Crippen molar-refractivity contribution in [3.8, 4) is 0 Å². The van der Waals surface area contributed by atoms with E-state index in [0.29, 0.717) is 25.6 Å². The summed E-state index contributed by atoms with van der Waals surface area (Å²) >= 11 is 0. The van der Waals surface area contributed by atoms with Gasteiger partial charge in [-0.3, -0.25) is 4.18 Å². The molecule has 7 nitrogen and oxygen atoms in total. The molecule has 0 unspecified atom stereocenters. The fraction of sp³-hybridized carbons (Fsp3) is 0.667. The molecule has 1 aromatic rings. The van der Waals surface area contributed by atoms with Crippen LogP contribution in [0, 0.1) is 12.8 Å². The second-order valence-corrected chi connectivity index (χ2v) is 10.0. The molecule has 1 aromatic carbocycles. The van der Waals surface area contributed by atoms with Crippen molar-refractivity contribution in [2.45, 2.75) is 57.5 Å². The third-order valence-electron chi connectivity index (χ3n) is 4.71. The third kappa shape index (κ3) is 8.32. The zero-order valence-corrected chi connectivity index (χ0v) is 18.7. The number of nitrogens with zero attached hydrogens (tertiary/aromatic N) is 1. The van der Waals surface area contributed by atoms with Crippen molar-refractivity contribution in [1.82, 2.24) is 4.90 Å². The molecular formula is C21H33NO6S. The largest absolute Gasteiger partial charge is 0.444 e. The smallest absolute Gasteiger partial charge is 0.410 e. The number of amides is 1. The van der Waals surface area contributed by atoms with Crippen LogP contribution in [0.3, 0.4) is 0 Å². The van der Waals surface area contributed by atoms with E-state index in [1.165, 1.54) is 12.1 Å². The standard InChI is InChI=1S/C21H33NO6S/c1-17-5-7-19(8-6-17)29(24,25)27-16-15-26-14-11-18-9-12-22(13-10-18)20(23)28-21(2,3)4/h5-8,18H,9-16H2,1-4H3. The number of aryl methyl sites for hydroxylation is 1. The molecule has 1 heterocycles. The summed E-state index contributed by atoms with van der Waals surface area (Å²) in [7, 11) is -3.74. The van der Waals surface area contributed by atoms with Crippen molar-refractivity contribution in [3.05, 3.63) is 29.8 Å². The average Bonchev–Trinajstić information content (AvgIpc) is 2.64. The van der Waals surface area contributed by atoms with Gasteiger partial charge in [0.15, 0.2) is 0 Å². The average molecular weight is 428 g/mol. The molecule has 0 aromatic heterocycles. The highest BCUT2D eigenvalue weighted by molar-refractivity contribution is 7.86. The summed E-state index contributed by atoms with van der Waals surface area (Å²) in [5, 5.41) is 0. The van der Waals surface area contributed by atoms with Crippen LogP contribution in [0.15, 0.2) is 29.2 Å². The Morgan fingerprint density at radius 2 is 1.69 bits per heavy atom. The first kappa shape index (κ1) is 23.6. The molecule has 1 saturated heterocycles. The minimum Gasteiger partial charge on any atom is -0.444 e. The Bertz CT molecular complexity index is 746. The summed E-state index contributed by atoms with van der Waals surface area (Å²) in [4.78, 5) is 14.0. The van der Waals surface area contributed by atoms with E-state index < -0.39 is 15.7 Å². The first-order valence-electron chi connectivity index (χ1n) is 10.1. The molecule has 0 saturated carbocycles. The molecule has 0 radical (unpaired) electrons. The van der Waals surface area contributed by atoms with Crippen molar-refractivity contribution in [2.24, 2.45) is 5.92 Å². The topological polar surface area (TPSA) is 82.1 Å². The van der Waals surface area contributed by atoms with Gasteiger partial charge in [0, 0.05) is 19.7 Å². The van der Waals surface area contributed by atoms with Crippen molar-refractivity contribution in [1.29, 1.82) is 0 Å². The van der Waals surface area contributed by atoms with Crippen LogP contribution in [0.25, 0.3) is 0 Å². The highest BCUT2D eigenvalue weighted by atomic mass is 32.2. The summed E-state index contributed by atoms with van der Waals surface area (Å²) in [6, 6.07) is 6.55. The summed E-state index contributed by atoms with van der Waals surface area (Å²) in [6.45, 7) is 9.64. The summed E-state index contributed by atoms with van der Waals surface area (Å²) in [5.74, 6) is 0.492. The lowest BCUT2D eigenvalue weighted by Gasteiger charge is -2.33. The third-order valence-corrected chi connectivity index (χ3v) is 6.04. The van der Waals surface area contributed by atoms with Crippen LogP contribution >= 0.6 is 0 Å². The van der Waals surface area contributed by atoms with Gasteiger partial charge in [-0.15, -0.1) is 0 Å². The Kier molecular flexibility index (Phi) is 8.48. The van der Waals surface area contributed by atoms with E-state index in [1.54, 1.807) is 17.0 Å². The Hall–Kier alpha value is -1.64. The summed E-state index contributed by atoms with van der Waals surface area (Å²) in [6.07, 6.45) is 2.47. The minimum absolute atomic E-state index is 0.00665. The summed E-state index contributed by atoms with van der Waals surface area (Å²) in [5.41, 5.74) is 0.515. The zero-order chi connectivity index (χ0) is 21.5. The molecule has 0 spiro atoms. The van der Waals surface area contributed by atoms with Gasteiger partial charge in [0.05, 0.1) is 18.1 Å². The fourth-order valence-electron chi connectivity index (χ4n) is 3.06. The molecule has 8 heteroatoms. The maximum atomic E-state index is 12.1. The Balaban J connectivity index is 1.58. The normalized spacial score (nSPS) is 16.1. The van der Waals surface area contributed by atoms with Crippen LogP contribution < -0.4 is 0 Å². The van der Waals surface area contributed by atoms with E-state index in [4.69, 9.17) is 13.7 Å². The van der Waals surface area contributed by atoms with Crippen molar-refractivity contribution in [3.63, 3.8) is 0 Å². The molecule has 29 heavy (non-hydrogen) atoms. The lowest BCUT2D eigenvalue weighted by atomic mass is 9.94. The van der Waals surface area contributed by atoms with E-state index in [1.807, 2.05) is 27.7 Å². The van der Waals surface area contributed by atoms with E-state index >= 15 is 0 Å². The number of ether oxygens (including phenoxy) is 2. The number of benzene rings is 1. The van der Waals surface area contributed by atoms with Crippen LogP contribution in [0.2, 0.25) is 0 Å². The number of carbonyl (C=O) groups is 1. The monoisotopic (exact) mass is 427 g/mol. The molecule has 0 bridgehead atoms. The van der Waals surface area contributed by atoms with Crippen molar-refractivity contribution >= 4 is 16.2 Å². The highest BCUT2D eigenvalue weighted by Crippen LogP contribution is 2.22. The second-order valence-electron chi connectivity index (χ2n) is 8.40. The summed E-state index contributed by atoms with van der Waals surface area (Å²) < 4.78 is 40.1.